The van der Waals surface area contributed by atoms with Gasteiger partial charge in [-0.25, -0.2) is 0 Å². The first-order chi connectivity index (χ1) is 6.72. The van der Waals surface area contributed by atoms with E-state index in [0.29, 0.717) is 5.92 Å². The fraction of sp³-hybridized carbons (Fsp3) is 0.727. The Balaban J connectivity index is 2.27. The van der Waals surface area contributed by atoms with Crippen LogP contribution in [0, 0.1) is 11.8 Å². The molecule has 3 aliphatic rings. The van der Waals surface area contributed by atoms with Gasteiger partial charge < -0.3 is 9.47 Å². The van der Waals surface area contributed by atoms with Crippen molar-refractivity contribution in [1.29, 1.82) is 0 Å². The summed E-state index contributed by atoms with van der Waals surface area (Å²) in [5, 5.41) is 0. The minimum atomic E-state index is -0.387. The molecule has 3 nitrogen and oxygen atoms in total. The molecule has 1 fully saturated rings. The van der Waals surface area contributed by atoms with Crippen LogP contribution in [0.5, 0.6) is 0 Å². The number of esters is 1. The Morgan fingerprint density at radius 2 is 2.29 bits per heavy atom. The first kappa shape index (κ1) is 9.71. The highest BCUT2D eigenvalue weighted by Gasteiger charge is 2.49. The van der Waals surface area contributed by atoms with Crippen LogP contribution in [0.25, 0.3) is 0 Å². The molecule has 0 aliphatic heterocycles. The molecule has 1 saturated carbocycles. The van der Waals surface area contributed by atoms with Crippen molar-refractivity contribution >= 4 is 5.97 Å². The molecule has 0 aromatic carbocycles. The minimum absolute atomic E-state index is 0.110. The summed E-state index contributed by atoms with van der Waals surface area (Å²) in [6, 6.07) is 0. The first-order valence-electron chi connectivity index (χ1n) is 5.04. The van der Waals surface area contributed by atoms with Crippen LogP contribution in [0.4, 0.5) is 0 Å². The predicted octanol–water partition coefficient (Wildman–Crippen LogP) is 1.53. The summed E-state index contributed by atoms with van der Waals surface area (Å²) in [6.45, 7) is 0. The minimum Gasteiger partial charge on any atom is -0.469 e. The molecule has 2 bridgehead atoms. The zero-order valence-electron chi connectivity index (χ0n) is 8.66. The first-order valence-corrected chi connectivity index (χ1v) is 5.04. The van der Waals surface area contributed by atoms with E-state index in [1.54, 1.807) is 7.11 Å². The van der Waals surface area contributed by atoms with Gasteiger partial charge in [0.2, 0.25) is 0 Å². The summed E-state index contributed by atoms with van der Waals surface area (Å²) < 4.78 is 10.3. The number of rotatable bonds is 2. The predicted molar refractivity (Wildman–Crippen MR) is 51.7 cm³/mol. The molecule has 3 heteroatoms. The van der Waals surface area contributed by atoms with Gasteiger partial charge >= 0.3 is 5.97 Å². The number of hydrogen-bond donors (Lipinski definition) is 0. The summed E-state index contributed by atoms with van der Waals surface area (Å²) in [7, 11) is 3.11. The highest BCUT2D eigenvalue weighted by atomic mass is 16.5. The topological polar surface area (TPSA) is 35.5 Å². The molecule has 0 amide bonds. The Morgan fingerprint density at radius 1 is 1.50 bits per heavy atom. The molecule has 0 radical (unpaired) electrons. The van der Waals surface area contributed by atoms with Crippen molar-refractivity contribution in [1.82, 2.24) is 0 Å². The number of allylic oxidation sites excluding steroid dienone is 1. The van der Waals surface area contributed by atoms with Gasteiger partial charge in [0.15, 0.2) is 0 Å². The highest BCUT2D eigenvalue weighted by molar-refractivity contribution is 5.75. The van der Waals surface area contributed by atoms with Crippen molar-refractivity contribution < 1.29 is 14.3 Å². The molecule has 14 heavy (non-hydrogen) atoms. The zero-order chi connectivity index (χ0) is 10.2. The number of methoxy groups -OCH3 is 2. The summed E-state index contributed by atoms with van der Waals surface area (Å²) in [5.74, 6) is 0.290. The molecule has 78 valence electrons. The number of fused-ring (bicyclic) bond motifs is 2. The van der Waals surface area contributed by atoms with Crippen LogP contribution in [0.15, 0.2) is 12.2 Å². The van der Waals surface area contributed by atoms with E-state index in [9.17, 15) is 4.79 Å². The highest BCUT2D eigenvalue weighted by Crippen LogP contribution is 2.45. The molecular formula is C11H16O3. The van der Waals surface area contributed by atoms with E-state index < -0.39 is 0 Å². The maximum Gasteiger partial charge on any atom is 0.311 e. The second kappa shape index (κ2) is 3.39. The molecule has 0 unspecified atom stereocenters. The van der Waals surface area contributed by atoms with Crippen molar-refractivity contribution in [2.24, 2.45) is 11.8 Å². The van der Waals surface area contributed by atoms with E-state index >= 15 is 0 Å². The third kappa shape index (κ3) is 1.27. The lowest BCUT2D eigenvalue weighted by molar-refractivity contribution is -0.160. The van der Waals surface area contributed by atoms with E-state index in [4.69, 9.17) is 9.47 Å². The Labute approximate surface area is 84.1 Å². The number of carbonyl (C=O) groups excluding carboxylic acids is 1. The molecule has 3 rings (SSSR count). The normalized spacial score (nSPS) is 39.9. The molecule has 0 saturated heterocycles. The van der Waals surface area contributed by atoms with Gasteiger partial charge in [-0.2, -0.15) is 0 Å². The van der Waals surface area contributed by atoms with Gasteiger partial charge in [0, 0.05) is 7.11 Å². The standard InChI is InChI=1S/C11H16O3/c1-13-10(12)9-7-8-3-5-11(9,14-2)6-4-8/h3,5,8-9H,4,6-7H2,1-2H3/t8-,9+,11+/m1/s1. The van der Waals surface area contributed by atoms with Crippen LogP contribution in [0.3, 0.4) is 0 Å². The molecule has 0 spiro atoms. The fourth-order valence-electron chi connectivity index (χ4n) is 2.63. The number of carbonyl (C=O) groups is 1. The average Bonchev–Trinajstić information content (AvgIpc) is 2.29. The third-order valence-electron chi connectivity index (χ3n) is 3.55. The van der Waals surface area contributed by atoms with Crippen molar-refractivity contribution in [3.8, 4) is 0 Å². The van der Waals surface area contributed by atoms with Crippen molar-refractivity contribution in [3.05, 3.63) is 12.2 Å². The van der Waals surface area contributed by atoms with Crippen molar-refractivity contribution in [2.45, 2.75) is 24.9 Å². The summed E-state index contributed by atoms with van der Waals surface area (Å²) in [5.41, 5.74) is -0.387. The van der Waals surface area contributed by atoms with E-state index in [2.05, 4.69) is 6.08 Å². The van der Waals surface area contributed by atoms with E-state index in [1.807, 2.05) is 6.08 Å². The van der Waals surface area contributed by atoms with Gasteiger partial charge in [0.1, 0.15) is 0 Å². The molecule has 0 heterocycles. The van der Waals surface area contributed by atoms with Crippen LogP contribution >= 0.6 is 0 Å². The summed E-state index contributed by atoms with van der Waals surface area (Å²) in [4.78, 5) is 11.6. The molecule has 0 N–H and O–H groups in total. The summed E-state index contributed by atoms with van der Waals surface area (Å²) in [6.07, 6.45) is 7.15. The van der Waals surface area contributed by atoms with Gasteiger partial charge in [-0.05, 0) is 25.2 Å². The van der Waals surface area contributed by atoms with Crippen LogP contribution in [0.1, 0.15) is 19.3 Å². The lowest BCUT2D eigenvalue weighted by Gasteiger charge is -2.45. The molecule has 3 atom stereocenters. The van der Waals surface area contributed by atoms with E-state index in [-0.39, 0.29) is 17.5 Å². The Hall–Kier alpha value is -0.830. The zero-order valence-corrected chi connectivity index (χ0v) is 8.66. The number of hydrogen-bond acceptors (Lipinski definition) is 3. The Bertz CT molecular complexity index is 272. The molecule has 3 aliphatic carbocycles. The maximum absolute atomic E-state index is 11.6. The van der Waals surface area contributed by atoms with E-state index in [1.165, 1.54) is 7.11 Å². The average molecular weight is 196 g/mol. The molecular weight excluding hydrogens is 180 g/mol. The maximum atomic E-state index is 11.6. The van der Waals surface area contributed by atoms with Gasteiger partial charge in [-0.1, -0.05) is 12.2 Å². The van der Waals surface area contributed by atoms with Crippen LogP contribution in [0.2, 0.25) is 0 Å². The Morgan fingerprint density at radius 3 is 2.79 bits per heavy atom. The largest absolute Gasteiger partial charge is 0.469 e. The second-order valence-electron chi connectivity index (χ2n) is 4.13. The third-order valence-corrected chi connectivity index (χ3v) is 3.55. The number of ether oxygens (including phenoxy) is 2. The van der Waals surface area contributed by atoms with Crippen LogP contribution < -0.4 is 0 Å². The summed E-state index contributed by atoms with van der Waals surface area (Å²) >= 11 is 0. The lowest BCUT2D eigenvalue weighted by atomic mass is 9.66. The second-order valence-corrected chi connectivity index (χ2v) is 4.13. The fourth-order valence-corrected chi connectivity index (χ4v) is 2.63. The van der Waals surface area contributed by atoms with E-state index in [0.717, 1.165) is 19.3 Å². The van der Waals surface area contributed by atoms with Gasteiger partial charge in [-0.15, -0.1) is 0 Å². The molecule has 0 aromatic rings. The molecule has 0 aromatic heterocycles. The van der Waals surface area contributed by atoms with Gasteiger partial charge in [0.25, 0.3) is 0 Å². The van der Waals surface area contributed by atoms with Crippen LogP contribution in [-0.2, 0) is 14.3 Å². The van der Waals surface area contributed by atoms with Gasteiger partial charge in [0.05, 0.1) is 18.6 Å². The van der Waals surface area contributed by atoms with Crippen molar-refractivity contribution in [3.63, 3.8) is 0 Å². The smallest absolute Gasteiger partial charge is 0.311 e. The SMILES string of the molecule is COC(=O)[C@@H]1C[C@@H]2C=C[C@]1(OC)CC2. The Kier molecular flexibility index (Phi) is 2.35. The quantitative estimate of drug-likeness (QED) is 0.496. The van der Waals surface area contributed by atoms with Crippen LogP contribution in [-0.4, -0.2) is 25.8 Å². The van der Waals surface area contributed by atoms with Crippen molar-refractivity contribution in [2.75, 3.05) is 14.2 Å². The monoisotopic (exact) mass is 196 g/mol. The lowest BCUT2D eigenvalue weighted by Crippen LogP contribution is -2.49. The van der Waals surface area contributed by atoms with Gasteiger partial charge in [-0.3, -0.25) is 4.79 Å².